The molecule has 8 heteroatoms. The SMILES string of the molecule is Cc1cc(N(C)C(=O)c2cc(=O)[nH]c3ccc([N+](=O)[O-])cc23)ccc1Br. The Morgan fingerprint density at radius 1 is 1.19 bits per heavy atom. The minimum atomic E-state index is -0.541. The normalized spacial score (nSPS) is 10.7. The summed E-state index contributed by atoms with van der Waals surface area (Å²) in [5.74, 6) is -0.427. The monoisotopic (exact) mass is 415 g/mol. The van der Waals surface area contributed by atoms with E-state index < -0.39 is 16.4 Å². The van der Waals surface area contributed by atoms with Crippen LogP contribution >= 0.6 is 15.9 Å². The van der Waals surface area contributed by atoms with Crippen LogP contribution in [0.2, 0.25) is 0 Å². The number of benzene rings is 2. The molecule has 0 saturated heterocycles. The molecule has 1 heterocycles. The van der Waals surface area contributed by atoms with E-state index in [2.05, 4.69) is 20.9 Å². The van der Waals surface area contributed by atoms with Gasteiger partial charge in [-0.1, -0.05) is 15.9 Å². The summed E-state index contributed by atoms with van der Waals surface area (Å²) in [4.78, 5) is 39.4. The second-order valence-electron chi connectivity index (χ2n) is 5.83. The van der Waals surface area contributed by atoms with Gasteiger partial charge in [0.05, 0.1) is 10.5 Å². The Morgan fingerprint density at radius 3 is 2.58 bits per heavy atom. The fourth-order valence-corrected chi connectivity index (χ4v) is 2.91. The average molecular weight is 416 g/mol. The summed E-state index contributed by atoms with van der Waals surface area (Å²) in [5.41, 5.74) is 1.47. The van der Waals surface area contributed by atoms with Gasteiger partial charge in [-0.05, 0) is 36.8 Å². The Morgan fingerprint density at radius 2 is 1.92 bits per heavy atom. The molecule has 0 unspecified atom stereocenters. The number of pyridine rings is 1. The van der Waals surface area contributed by atoms with E-state index in [1.165, 1.54) is 23.1 Å². The Balaban J connectivity index is 2.14. The number of hydrogen-bond donors (Lipinski definition) is 1. The van der Waals surface area contributed by atoms with Gasteiger partial charge in [0.15, 0.2) is 0 Å². The van der Waals surface area contributed by atoms with Crippen molar-refractivity contribution in [3.8, 4) is 0 Å². The van der Waals surface area contributed by atoms with Crippen LogP contribution in [0.4, 0.5) is 11.4 Å². The summed E-state index contributed by atoms with van der Waals surface area (Å²) >= 11 is 3.41. The van der Waals surface area contributed by atoms with Crippen LogP contribution in [0, 0.1) is 17.0 Å². The molecule has 3 rings (SSSR count). The van der Waals surface area contributed by atoms with Crippen LogP contribution < -0.4 is 10.5 Å². The predicted octanol–water partition coefficient (Wildman–Crippen LogP) is 3.78. The van der Waals surface area contributed by atoms with Crippen molar-refractivity contribution < 1.29 is 9.72 Å². The van der Waals surface area contributed by atoms with Gasteiger partial charge in [-0.25, -0.2) is 0 Å². The lowest BCUT2D eigenvalue weighted by atomic mass is 10.1. The molecule has 26 heavy (non-hydrogen) atoms. The molecule has 0 fully saturated rings. The summed E-state index contributed by atoms with van der Waals surface area (Å²) in [6.07, 6.45) is 0. The zero-order chi connectivity index (χ0) is 19.0. The number of halogens is 1. The number of carbonyl (C=O) groups is 1. The molecule has 0 atom stereocenters. The van der Waals surface area contributed by atoms with Gasteiger partial charge in [0, 0.05) is 46.3 Å². The van der Waals surface area contributed by atoms with Gasteiger partial charge < -0.3 is 9.88 Å². The lowest BCUT2D eigenvalue weighted by molar-refractivity contribution is -0.384. The molecule has 1 aromatic heterocycles. The number of hydrogen-bond acceptors (Lipinski definition) is 4. The number of aryl methyl sites for hydroxylation is 1. The van der Waals surface area contributed by atoms with Crippen molar-refractivity contribution in [3.63, 3.8) is 0 Å². The molecule has 3 aromatic rings. The van der Waals surface area contributed by atoms with E-state index in [9.17, 15) is 19.7 Å². The van der Waals surface area contributed by atoms with Crippen LogP contribution in [0.5, 0.6) is 0 Å². The molecule has 7 nitrogen and oxygen atoms in total. The van der Waals surface area contributed by atoms with Crippen molar-refractivity contribution in [2.75, 3.05) is 11.9 Å². The second kappa shape index (κ2) is 6.72. The van der Waals surface area contributed by atoms with Crippen LogP contribution in [0.15, 0.2) is 51.7 Å². The summed E-state index contributed by atoms with van der Waals surface area (Å²) in [5, 5.41) is 11.4. The molecule has 0 aliphatic heterocycles. The maximum absolute atomic E-state index is 13.0. The topological polar surface area (TPSA) is 96.3 Å². The Labute approximate surface area is 156 Å². The molecule has 0 saturated carbocycles. The van der Waals surface area contributed by atoms with E-state index in [4.69, 9.17) is 0 Å². The molecule has 2 aromatic carbocycles. The highest BCUT2D eigenvalue weighted by Crippen LogP contribution is 2.26. The third kappa shape index (κ3) is 3.23. The van der Waals surface area contributed by atoms with E-state index >= 15 is 0 Å². The van der Waals surface area contributed by atoms with Crippen molar-refractivity contribution in [3.05, 3.63) is 78.5 Å². The number of nitrogens with one attached hydrogen (secondary N) is 1. The van der Waals surface area contributed by atoms with Gasteiger partial charge >= 0.3 is 0 Å². The van der Waals surface area contributed by atoms with Gasteiger partial charge in [0.1, 0.15) is 0 Å². The van der Waals surface area contributed by atoms with Gasteiger partial charge in [-0.3, -0.25) is 19.7 Å². The number of carbonyl (C=O) groups excluding carboxylic acids is 1. The van der Waals surface area contributed by atoms with Crippen LogP contribution in [0.25, 0.3) is 10.9 Å². The molecule has 0 radical (unpaired) electrons. The van der Waals surface area contributed by atoms with Crippen molar-refractivity contribution >= 4 is 44.1 Å². The highest BCUT2D eigenvalue weighted by Gasteiger charge is 2.19. The first-order valence-corrected chi connectivity index (χ1v) is 8.43. The predicted molar refractivity (Wildman–Crippen MR) is 103 cm³/mol. The molecular weight excluding hydrogens is 402 g/mol. The van der Waals surface area contributed by atoms with Crippen molar-refractivity contribution in [1.82, 2.24) is 4.98 Å². The quantitative estimate of drug-likeness (QED) is 0.519. The maximum atomic E-state index is 13.0. The van der Waals surface area contributed by atoms with Crippen LogP contribution in [-0.2, 0) is 0 Å². The maximum Gasteiger partial charge on any atom is 0.270 e. The number of non-ortho nitro benzene ring substituents is 1. The number of anilines is 1. The minimum absolute atomic E-state index is 0.107. The summed E-state index contributed by atoms with van der Waals surface area (Å²) < 4.78 is 0.916. The molecule has 0 spiro atoms. The molecule has 1 N–H and O–H groups in total. The van der Waals surface area contributed by atoms with Gasteiger partial charge in [-0.2, -0.15) is 0 Å². The lowest BCUT2D eigenvalue weighted by Crippen LogP contribution is -2.27. The third-order valence-electron chi connectivity index (χ3n) is 4.10. The molecule has 0 aliphatic carbocycles. The number of nitro benzene ring substituents is 1. The minimum Gasteiger partial charge on any atom is -0.322 e. The highest BCUT2D eigenvalue weighted by molar-refractivity contribution is 9.10. The first-order chi connectivity index (χ1) is 12.3. The second-order valence-corrected chi connectivity index (χ2v) is 6.69. The fourth-order valence-electron chi connectivity index (χ4n) is 2.67. The number of nitrogens with zero attached hydrogens (tertiary/aromatic N) is 2. The fraction of sp³-hybridized carbons (Fsp3) is 0.111. The van der Waals surface area contributed by atoms with Gasteiger partial charge in [-0.15, -0.1) is 0 Å². The molecule has 1 amide bonds. The van der Waals surface area contributed by atoms with Crippen LogP contribution in [-0.4, -0.2) is 22.9 Å². The Hall–Kier alpha value is -3.00. The zero-order valence-corrected chi connectivity index (χ0v) is 15.5. The number of nitro groups is 1. The number of aromatic nitrogens is 1. The molecule has 132 valence electrons. The lowest BCUT2D eigenvalue weighted by Gasteiger charge is -2.19. The van der Waals surface area contributed by atoms with Gasteiger partial charge in [0.2, 0.25) is 5.56 Å². The molecule has 0 bridgehead atoms. The summed E-state index contributed by atoms with van der Waals surface area (Å²) in [6, 6.07) is 10.6. The van der Waals surface area contributed by atoms with E-state index in [1.807, 2.05) is 19.1 Å². The zero-order valence-electron chi connectivity index (χ0n) is 13.9. The van der Waals surface area contributed by atoms with E-state index in [1.54, 1.807) is 13.1 Å². The first kappa shape index (κ1) is 17.8. The average Bonchev–Trinajstić information content (AvgIpc) is 2.61. The van der Waals surface area contributed by atoms with E-state index in [0.717, 1.165) is 16.1 Å². The van der Waals surface area contributed by atoms with Crippen molar-refractivity contribution in [2.45, 2.75) is 6.92 Å². The van der Waals surface area contributed by atoms with Crippen LogP contribution in [0.3, 0.4) is 0 Å². The first-order valence-electron chi connectivity index (χ1n) is 7.63. The number of amides is 1. The Bertz CT molecular complexity index is 1110. The smallest absolute Gasteiger partial charge is 0.270 e. The molecule has 0 aliphatic rings. The number of rotatable bonds is 3. The van der Waals surface area contributed by atoms with Crippen molar-refractivity contribution in [1.29, 1.82) is 0 Å². The van der Waals surface area contributed by atoms with Gasteiger partial charge in [0.25, 0.3) is 11.6 Å². The number of fused-ring (bicyclic) bond motifs is 1. The number of H-pyrrole nitrogens is 1. The standard InChI is InChI=1S/C18H14BrN3O4/c1-10-7-11(3-5-15(10)19)21(2)18(24)14-9-17(23)20-16-6-4-12(22(25)26)8-13(14)16/h3-9H,1-2H3,(H,20,23). The van der Waals surface area contributed by atoms with Crippen LogP contribution in [0.1, 0.15) is 15.9 Å². The van der Waals surface area contributed by atoms with E-state index in [0.29, 0.717) is 16.6 Å². The third-order valence-corrected chi connectivity index (χ3v) is 4.99. The Kier molecular flexibility index (Phi) is 4.60. The number of aromatic amines is 1. The van der Waals surface area contributed by atoms with Crippen molar-refractivity contribution in [2.24, 2.45) is 0 Å². The highest BCUT2D eigenvalue weighted by atomic mass is 79.9. The summed E-state index contributed by atoms with van der Waals surface area (Å²) in [7, 11) is 1.59. The largest absolute Gasteiger partial charge is 0.322 e. The molecular formula is C18H14BrN3O4. The summed E-state index contributed by atoms with van der Waals surface area (Å²) in [6.45, 7) is 1.90. The van der Waals surface area contributed by atoms with E-state index in [-0.39, 0.29) is 11.3 Å².